The minimum absolute atomic E-state index is 0.163. The number of amides is 1. The van der Waals surface area contributed by atoms with Gasteiger partial charge in [0, 0.05) is 18.8 Å². The maximum absolute atomic E-state index is 11.3. The van der Waals surface area contributed by atoms with Gasteiger partial charge in [-0.3, -0.25) is 19.5 Å². The van der Waals surface area contributed by atoms with Crippen LogP contribution in [0.5, 0.6) is 0 Å². The molecule has 0 fully saturated rings. The zero-order chi connectivity index (χ0) is 10.7. The van der Waals surface area contributed by atoms with Crippen molar-refractivity contribution in [2.45, 2.75) is 6.92 Å². The van der Waals surface area contributed by atoms with Gasteiger partial charge in [0.25, 0.3) is 5.56 Å². The van der Waals surface area contributed by atoms with Crippen molar-refractivity contribution in [1.82, 2.24) is 9.55 Å². The minimum atomic E-state index is -0.389. The Morgan fingerprint density at radius 2 is 2.36 bits per heavy atom. The number of aryl methyl sites for hydroxylation is 1. The summed E-state index contributed by atoms with van der Waals surface area (Å²) in [6.45, 7) is 1.68. The topological polar surface area (TPSA) is 64.0 Å². The number of carbonyl (C=O) groups excluding carboxylic acids is 1. The van der Waals surface area contributed by atoms with Gasteiger partial charge in [0.1, 0.15) is 5.88 Å². The molecule has 1 N–H and O–H groups in total. The molecule has 0 aliphatic rings. The van der Waals surface area contributed by atoms with Gasteiger partial charge in [-0.25, -0.2) is 4.98 Å². The number of rotatable bonds is 2. The number of anilines is 1. The predicted molar refractivity (Wildman–Crippen MR) is 53.6 cm³/mol. The predicted octanol–water partition coefficient (Wildman–Crippen LogP) is 0.266. The van der Waals surface area contributed by atoms with Gasteiger partial charge in [0.15, 0.2) is 0 Å². The molecular weight excluding hydrogens is 206 g/mol. The first-order chi connectivity index (χ1) is 6.54. The van der Waals surface area contributed by atoms with Crippen LogP contribution in [0.15, 0.2) is 10.9 Å². The molecule has 0 unspecified atom stereocenters. The van der Waals surface area contributed by atoms with Crippen molar-refractivity contribution in [3.8, 4) is 0 Å². The van der Waals surface area contributed by atoms with E-state index in [0.717, 1.165) is 0 Å². The molecule has 1 amide bonds. The lowest BCUT2D eigenvalue weighted by molar-refractivity contribution is -0.114. The highest BCUT2D eigenvalue weighted by molar-refractivity contribution is 6.28. The summed E-state index contributed by atoms with van der Waals surface area (Å²) < 4.78 is 1.25. The number of carbonyl (C=O) groups is 1. The fourth-order valence-corrected chi connectivity index (χ4v) is 0.991. The lowest BCUT2D eigenvalue weighted by Gasteiger charge is -2.07. The van der Waals surface area contributed by atoms with Gasteiger partial charge in [0.05, 0.1) is 0 Å². The number of nitrogens with zero attached hydrogens (tertiary/aromatic N) is 2. The summed E-state index contributed by atoms with van der Waals surface area (Å²) in [5, 5.41) is 2.42. The van der Waals surface area contributed by atoms with Gasteiger partial charge < -0.3 is 0 Å². The first-order valence-corrected chi connectivity index (χ1v) is 4.48. The lowest BCUT2D eigenvalue weighted by atomic mass is 10.4. The van der Waals surface area contributed by atoms with E-state index in [9.17, 15) is 9.59 Å². The number of nitrogens with one attached hydrogen (secondary N) is 1. The van der Waals surface area contributed by atoms with E-state index in [0.29, 0.717) is 5.69 Å². The normalized spacial score (nSPS) is 9.93. The van der Waals surface area contributed by atoms with E-state index in [4.69, 9.17) is 11.6 Å². The molecule has 1 rings (SSSR count). The third-order valence-corrected chi connectivity index (χ3v) is 1.88. The molecule has 1 aromatic heterocycles. The number of alkyl halides is 1. The molecule has 14 heavy (non-hydrogen) atoms. The summed E-state index contributed by atoms with van der Waals surface area (Å²) in [7, 11) is 1.53. The van der Waals surface area contributed by atoms with Crippen molar-refractivity contribution < 1.29 is 4.79 Å². The van der Waals surface area contributed by atoms with Gasteiger partial charge in [-0.1, -0.05) is 0 Å². The standard InChI is InChI=1S/C8H10ClN3O2/c1-5-3-7(14)12(2)8(10-5)11-6(13)4-9/h3H,4H2,1-2H3,(H,10,11,13). The molecule has 6 heteroatoms. The maximum atomic E-state index is 11.3. The average molecular weight is 216 g/mol. The summed E-state index contributed by atoms with van der Waals surface area (Å²) in [5.74, 6) is -0.343. The number of hydrogen-bond donors (Lipinski definition) is 1. The second-order valence-electron chi connectivity index (χ2n) is 2.80. The fraction of sp³-hybridized carbons (Fsp3) is 0.375. The smallest absolute Gasteiger partial charge is 0.254 e. The van der Waals surface area contributed by atoms with E-state index in [1.807, 2.05) is 0 Å². The third-order valence-electron chi connectivity index (χ3n) is 1.64. The zero-order valence-electron chi connectivity index (χ0n) is 7.87. The lowest BCUT2D eigenvalue weighted by Crippen LogP contribution is -2.25. The molecule has 1 aromatic rings. The van der Waals surface area contributed by atoms with Gasteiger partial charge in [0.2, 0.25) is 11.9 Å². The van der Waals surface area contributed by atoms with Crippen molar-refractivity contribution in [2.24, 2.45) is 7.05 Å². The molecule has 0 bridgehead atoms. The molecule has 0 radical (unpaired) electrons. The van der Waals surface area contributed by atoms with Crippen LogP contribution < -0.4 is 10.9 Å². The number of hydrogen-bond acceptors (Lipinski definition) is 3. The zero-order valence-corrected chi connectivity index (χ0v) is 8.63. The Morgan fingerprint density at radius 1 is 1.71 bits per heavy atom. The molecular formula is C8H10ClN3O2. The van der Waals surface area contributed by atoms with Crippen molar-refractivity contribution in [3.63, 3.8) is 0 Å². The molecule has 0 aromatic carbocycles. The van der Waals surface area contributed by atoms with Crippen molar-refractivity contribution in [1.29, 1.82) is 0 Å². The van der Waals surface area contributed by atoms with Crippen molar-refractivity contribution in [2.75, 3.05) is 11.2 Å². The van der Waals surface area contributed by atoms with Crippen LogP contribution in [0.25, 0.3) is 0 Å². The number of halogens is 1. The summed E-state index contributed by atoms with van der Waals surface area (Å²) in [5.41, 5.74) is 0.334. The SMILES string of the molecule is Cc1cc(=O)n(C)c(NC(=O)CCl)n1. The van der Waals surface area contributed by atoms with Crippen LogP contribution in [0.1, 0.15) is 5.69 Å². The van der Waals surface area contributed by atoms with Crippen LogP contribution in [-0.2, 0) is 11.8 Å². The average Bonchev–Trinajstić information content (AvgIpc) is 2.13. The quantitative estimate of drug-likeness (QED) is 0.721. The highest BCUT2D eigenvalue weighted by Crippen LogP contribution is 1.99. The Balaban J connectivity index is 3.08. The van der Waals surface area contributed by atoms with Crippen LogP contribution in [0, 0.1) is 6.92 Å². The summed E-state index contributed by atoms with van der Waals surface area (Å²) in [6.07, 6.45) is 0. The van der Waals surface area contributed by atoms with Crippen molar-refractivity contribution >= 4 is 23.5 Å². The van der Waals surface area contributed by atoms with E-state index < -0.39 is 0 Å². The van der Waals surface area contributed by atoms with Crippen LogP contribution >= 0.6 is 11.6 Å². The summed E-state index contributed by atoms with van der Waals surface area (Å²) >= 11 is 5.31. The van der Waals surface area contributed by atoms with Gasteiger partial charge in [-0.2, -0.15) is 0 Å². The second kappa shape index (κ2) is 4.23. The Labute approximate surface area is 85.7 Å². The Bertz CT molecular complexity index is 414. The number of aromatic nitrogens is 2. The molecule has 0 aliphatic heterocycles. The van der Waals surface area contributed by atoms with E-state index >= 15 is 0 Å². The van der Waals surface area contributed by atoms with Crippen LogP contribution in [-0.4, -0.2) is 21.3 Å². The molecule has 1 heterocycles. The van der Waals surface area contributed by atoms with Crippen LogP contribution in [0.3, 0.4) is 0 Å². The Hall–Kier alpha value is -1.36. The molecule has 0 saturated heterocycles. The largest absolute Gasteiger partial charge is 0.295 e. The molecule has 0 atom stereocenters. The minimum Gasteiger partial charge on any atom is -0.295 e. The van der Waals surface area contributed by atoms with Gasteiger partial charge in [-0.15, -0.1) is 11.6 Å². The van der Waals surface area contributed by atoms with E-state index in [-0.39, 0.29) is 23.3 Å². The summed E-state index contributed by atoms with van der Waals surface area (Å²) in [4.78, 5) is 26.2. The highest BCUT2D eigenvalue weighted by Gasteiger charge is 2.06. The molecule has 76 valence electrons. The second-order valence-corrected chi connectivity index (χ2v) is 3.07. The van der Waals surface area contributed by atoms with E-state index in [2.05, 4.69) is 10.3 Å². The van der Waals surface area contributed by atoms with Crippen molar-refractivity contribution in [3.05, 3.63) is 22.1 Å². The molecule has 0 spiro atoms. The monoisotopic (exact) mass is 215 g/mol. The highest BCUT2D eigenvalue weighted by atomic mass is 35.5. The molecule has 0 saturated carbocycles. The summed E-state index contributed by atoms with van der Waals surface area (Å²) in [6, 6.07) is 1.39. The van der Waals surface area contributed by atoms with Crippen LogP contribution in [0.4, 0.5) is 5.95 Å². The first-order valence-electron chi connectivity index (χ1n) is 3.95. The van der Waals surface area contributed by atoms with E-state index in [1.54, 1.807) is 6.92 Å². The maximum Gasteiger partial charge on any atom is 0.254 e. The third kappa shape index (κ3) is 2.32. The van der Waals surface area contributed by atoms with Gasteiger partial charge >= 0.3 is 0 Å². The Morgan fingerprint density at radius 3 is 2.93 bits per heavy atom. The first kappa shape index (κ1) is 10.7. The van der Waals surface area contributed by atoms with Gasteiger partial charge in [-0.05, 0) is 6.92 Å². The molecule has 0 aliphatic carbocycles. The van der Waals surface area contributed by atoms with E-state index in [1.165, 1.54) is 17.7 Å². The molecule has 5 nitrogen and oxygen atoms in total. The fourth-order valence-electron chi connectivity index (χ4n) is 0.924. The van der Waals surface area contributed by atoms with Crippen LogP contribution in [0.2, 0.25) is 0 Å². The Kier molecular flexibility index (Phi) is 3.24.